The SMILES string of the molecule is N#Cc1ccc(-c2cnc([C@@H]3CCCN3)[nH]2)cc1. The summed E-state index contributed by atoms with van der Waals surface area (Å²) in [5.74, 6) is 1.01. The minimum atomic E-state index is 0.358. The molecule has 0 aliphatic carbocycles. The Morgan fingerprint density at radius 3 is 2.78 bits per heavy atom. The summed E-state index contributed by atoms with van der Waals surface area (Å²) in [7, 11) is 0. The second-order valence-electron chi connectivity index (χ2n) is 4.52. The maximum atomic E-state index is 8.77. The van der Waals surface area contributed by atoms with Crippen LogP contribution >= 0.6 is 0 Å². The van der Waals surface area contributed by atoms with Gasteiger partial charge in [-0.15, -0.1) is 0 Å². The molecule has 1 aromatic carbocycles. The van der Waals surface area contributed by atoms with Crippen LogP contribution in [0.15, 0.2) is 30.5 Å². The number of aromatic amines is 1. The van der Waals surface area contributed by atoms with E-state index in [1.807, 2.05) is 30.5 Å². The third-order valence-electron chi connectivity index (χ3n) is 3.31. The van der Waals surface area contributed by atoms with Crippen LogP contribution in [-0.2, 0) is 0 Å². The van der Waals surface area contributed by atoms with Gasteiger partial charge >= 0.3 is 0 Å². The van der Waals surface area contributed by atoms with E-state index < -0.39 is 0 Å². The van der Waals surface area contributed by atoms with Crippen LogP contribution in [0, 0.1) is 11.3 Å². The van der Waals surface area contributed by atoms with E-state index in [0.29, 0.717) is 11.6 Å². The van der Waals surface area contributed by atoms with Crippen molar-refractivity contribution in [1.29, 1.82) is 5.26 Å². The predicted molar refractivity (Wildman–Crippen MR) is 68.7 cm³/mol. The van der Waals surface area contributed by atoms with Gasteiger partial charge in [0.15, 0.2) is 0 Å². The molecule has 0 spiro atoms. The van der Waals surface area contributed by atoms with Crippen molar-refractivity contribution < 1.29 is 0 Å². The van der Waals surface area contributed by atoms with Gasteiger partial charge in [0.25, 0.3) is 0 Å². The van der Waals surface area contributed by atoms with Crippen molar-refractivity contribution in [2.45, 2.75) is 18.9 Å². The molecule has 0 amide bonds. The van der Waals surface area contributed by atoms with Crippen molar-refractivity contribution in [3.05, 3.63) is 41.9 Å². The summed E-state index contributed by atoms with van der Waals surface area (Å²) in [5.41, 5.74) is 2.74. The zero-order valence-electron chi connectivity index (χ0n) is 9.98. The Bertz CT molecular complexity index is 571. The highest BCUT2D eigenvalue weighted by molar-refractivity contribution is 5.59. The number of rotatable bonds is 2. The Morgan fingerprint density at radius 2 is 2.11 bits per heavy atom. The second kappa shape index (κ2) is 4.63. The van der Waals surface area contributed by atoms with Gasteiger partial charge in [0, 0.05) is 0 Å². The fourth-order valence-corrected chi connectivity index (χ4v) is 2.30. The first-order valence-corrected chi connectivity index (χ1v) is 6.15. The first-order valence-electron chi connectivity index (χ1n) is 6.15. The van der Waals surface area contributed by atoms with Gasteiger partial charge in [-0.05, 0) is 37.1 Å². The Balaban J connectivity index is 1.85. The molecule has 1 aliphatic heterocycles. The van der Waals surface area contributed by atoms with Crippen LogP contribution in [0.5, 0.6) is 0 Å². The molecule has 0 saturated carbocycles. The highest BCUT2D eigenvalue weighted by Gasteiger charge is 2.19. The number of hydrogen-bond acceptors (Lipinski definition) is 3. The largest absolute Gasteiger partial charge is 0.341 e. The van der Waals surface area contributed by atoms with Crippen LogP contribution in [0.25, 0.3) is 11.3 Å². The van der Waals surface area contributed by atoms with Crippen molar-refractivity contribution in [2.75, 3.05) is 6.54 Å². The molecule has 1 aromatic heterocycles. The summed E-state index contributed by atoms with van der Waals surface area (Å²) in [5, 5.41) is 12.2. The molecular weight excluding hydrogens is 224 g/mol. The van der Waals surface area contributed by atoms with Gasteiger partial charge in [0.1, 0.15) is 5.82 Å². The number of nitrogens with zero attached hydrogens (tertiary/aromatic N) is 2. The number of nitriles is 1. The summed E-state index contributed by atoms with van der Waals surface area (Å²) in [6.45, 7) is 1.07. The first-order chi connectivity index (χ1) is 8.86. The van der Waals surface area contributed by atoms with E-state index in [1.165, 1.54) is 6.42 Å². The van der Waals surface area contributed by atoms with Gasteiger partial charge in [0.05, 0.1) is 29.6 Å². The summed E-state index contributed by atoms with van der Waals surface area (Å²) >= 11 is 0. The number of benzene rings is 1. The van der Waals surface area contributed by atoms with Crippen LogP contribution in [0.3, 0.4) is 0 Å². The molecule has 1 saturated heterocycles. The zero-order valence-corrected chi connectivity index (χ0v) is 9.98. The smallest absolute Gasteiger partial charge is 0.123 e. The van der Waals surface area contributed by atoms with Crippen LogP contribution < -0.4 is 5.32 Å². The molecule has 0 unspecified atom stereocenters. The average molecular weight is 238 g/mol. The molecule has 3 rings (SSSR count). The number of aromatic nitrogens is 2. The van der Waals surface area contributed by atoms with Crippen LogP contribution in [-0.4, -0.2) is 16.5 Å². The Kier molecular flexibility index (Phi) is 2.83. The van der Waals surface area contributed by atoms with E-state index in [1.54, 1.807) is 0 Å². The van der Waals surface area contributed by atoms with Crippen molar-refractivity contribution in [1.82, 2.24) is 15.3 Å². The van der Waals surface area contributed by atoms with Crippen molar-refractivity contribution in [3.63, 3.8) is 0 Å². The van der Waals surface area contributed by atoms with E-state index in [9.17, 15) is 0 Å². The third-order valence-corrected chi connectivity index (χ3v) is 3.31. The molecule has 2 N–H and O–H groups in total. The van der Waals surface area contributed by atoms with Gasteiger partial charge in [-0.2, -0.15) is 5.26 Å². The second-order valence-corrected chi connectivity index (χ2v) is 4.52. The lowest BCUT2D eigenvalue weighted by atomic mass is 10.1. The lowest BCUT2D eigenvalue weighted by Gasteiger charge is -2.05. The molecule has 1 atom stereocenters. The van der Waals surface area contributed by atoms with Crippen molar-refractivity contribution >= 4 is 0 Å². The molecule has 1 aliphatic rings. The molecule has 2 heterocycles. The predicted octanol–water partition coefficient (Wildman–Crippen LogP) is 2.37. The van der Waals surface area contributed by atoms with Gasteiger partial charge in [-0.1, -0.05) is 12.1 Å². The first kappa shape index (κ1) is 11.0. The molecule has 0 radical (unpaired) electrons. The third kappa shape index (κ3) is 2.01. The maximum absolute atomic E-state index is 8.77. The summed E-state index contributed by atoms with van der Waals surface area (Å²) < 4.78 is 0. The van der Waals surface area contributed by atoms with Crippen molar-refractivity contribution in [2.24, 2.45) is 0 Å². The fraction of sp³-hybridized carbons (Fsp3) is 0.286. The molecule has 90 valence electrons. The number of hydrogen-bond donors (Lipinski definition) is 2. The van der Waals surface area contributed by atoms with Gasteiger partial charge in [0.2, 0.25) is 0 Å². The van der Waals surface area contributed by atoms with Crippen LogP contribution in [0.4, 0.5) is 0 Å². The minimum absolute atomic E-state index is 0.358. The monoisotopic (exact) mass is 238 g/mol. The standard InChI is InChI=1S/C14H14N4/c15-8-10-3-5-11(6-4-10)13-9-17-14(18-13)12-2-1-7-16-12/h3-6,9,12,16H,1-2,7H2,(H,17,18)/t12-/m0/s1. The van der Waals surface area contributed by atoms with E-state index in [2.05, 4.69) is 21.4 Å². The highest BCUT2D eigenvalue weighted by Crippen LogP contribution is 2.24. The lowest BCUT2D eigenvalue weighted by Crippen LogP contribution is -2.14. The topological polar surface area (TPSA) is 64.5 Å². The summed E-state index contributed by atoms with van der Waals surface area (Å²) in [6, 6.07) is 10.0. The summed E-state index contributed by atoms with van der Waals surface area (Å²) in [4.78, 5) is 7.79. The average Bonchev–Trinajstić information content (AvgIpc) is 3.09. The zero-order chi connectivity index (χ0) is 12.4. The number of imidazole rings is 1. The van der Waals surface area contributed by atoms with Crippen LogP contribution in [0.1, 0.15) is 30.3 Å². The van der Waals surface area contributed by atoms with Gasteiger partial charge in [-0.25, -0.2) is 4.98 Å². The van der Waals surface area contributed by atoms with Crippen LogP contribution in [0.2, 0.25) is 0 Å². The highest BCUT2D eigenvalue weighted by atomic mass is 15.0. The van der Waals surface area contributed by atoms with E-state index in [0.717, 1.165) is 30.0 Å². The molecule has 4 heteroatoms. The number of H-pyrrole nitrogens is 1. The Hall–Kier alpha value is -2.12. The van der Waals surface area contributed by atoms with E-state index in [-0.39, 0.29) is 0 Å². The number of nitrogens with one attached hydrogen (secondary N) is 2. The summed E-state index contributed by atoms with van der Waals surface area (Å²) in [6.07, 6.45) is 4.20. The molecular formula is C14H14N4. The molecule has 2 aromatic rings. The van der Waals surface area contributed by atoms with E-state index in [4.69, 9.17) is 5.26 Å². The fourth-order valence-electron chi connectivity index (χ4n) is 2.30. The Morgan fingerprint density at radius 1 is 1.28 bits per heavy atom. The van der Waals surface area contributed by atoms with Gasteiger partial charge in [-0.3, -0.25) is 0 Å². The Labute approximate surface area is 106 Å². The lowest BCUT2D eigenvalue weighted by molar-refractivity contribution is 0.613. The van der Waals surface area contributed by atoms with Crippen molar-refractivity contribution in [3.8, 4) is 17.3 Å². The minimum Gasteiger partial charge on any atom is -0.341 e. The molecule has 4 nitrogen and oxygen atoms in total. The van der Waals surface area contributed by atoms with E-state index >= 15 is 0 Å². The normalized spacial score (nSPS) is 18.7. The maximum Gasteiger partial charge on any atom is 0.123 e. The molecule has 1 fully saturated rings. The quantitative estimate of drug-likeness (QED) is 0.844. The molecule has 18 heavy (non-hydrogen) atoms. The molecule has 0 bridgehead atoms. The van der Waals surface area contributed by atoms with Gasteiger partial charge < -0.3 is 10.3 Å².